The lowest BCUT2D eigenvalue weighted by molar-refractivity contribution is 0.0162. The van der Waals surface area contributed by atoms with Crippen molar-refractivity contribution in [2.45, 2.75) is 70.8 Å². The maximum atomic E-state index is 14.9. The highest BCUT2D eigenvalue weighted by Gasteiger charge is 2.24. The Balaban J connectivity index is 1.35. The molecule has 4 heteroatoms. The van der Waals surface area contributed by atoms with Gasteiger partial charge in [-0.3, -0.25) is 0 Å². The SMILES string of the molecule is C/C=C/CCC1CCC(OC(=O)c2ccc(-c3cc(F)c(CC(C)c4ccccc4)c(F)c3)cc2)CC1. The van der Waals surface area contributed by atoms with Crippen LogP contribution in [0.25, 0.3) is 11.1 Å². The van der Waals surface area contributed by atoms with Crippen LogP contribution >= 0.6 is 0 Å². The molecular formula is C33H36F2O2. The molecule has 3 aromatic rings. The molecule has 0 saturated heterocycles. The van der Waals surface area contributed by atoms with E-state index in [4.69, 9.17) is 4.74 Å². The van der Waals surface area contributed by atoms with Gasteiger partial charge in [0.15, 0.2) is 0 Å². The highest BCUT2D eigenvalue weighted by atomic mass is 19.1. The van der Waals surface area contributed by atoms with E-state index >= 15 is 0 Å². The smallest absolute Gasteiger partial charge is 0.338 e. The normalized spacial score (nSPS) is 18.6. The minimum Gasteiger partial charge on any atom is -0.459 e. The molecule has 37 heavy (non-hydrogen) atoms. The molecule has 0 bridgehead atoms. The highest BCUT2D eigenvalue weighted by molar-refractivity contribution is 5.90. The van der Waals surface area contributed by atoms with Crippen molar-refractivity contribution in [3.05, 3.63) is 107 Å². The van der Waals surface area contributed by atoms with E-state index in [1.54, 1.807) is 24.3 Å². The van der Waals surface area contributed by atoms with Crippen LogP contribution < -0.4 is 0 Å². The molecule has 1 aliphatic rings. The molecule has 0 N–H and O–H groups in total. The van der Waals surface area contributed by atoms with Crippen molar-refractivity contribution in [1.29, 1.82) is 0 Å². The number of esters is 1. The van der Waals surface area contributed by atoms with Gasteiger partial charge in [0.2, 0.25) is 0 Å². The monoisotopic (exact) mass is 502 g/mol. The number of carbonyl (C=O) groups excluding carboxylic acids is 1. The Bertz CT molecular complexity index is 1170. The van der Waals surface area contributed by atoms with Crippen LogP contribution in [0.3, 0.4) is 0 Å². The van der Waals surface area contributed by atoms with E-state index in [1.807, 2.05) is 44.2 Å². The summed E-state index contributed by atoms with van der Waals surface area (Å²) < 4.78 is 35.6. The maximum absolute atomic E-state index is 14.9. The van der Waals surface area contributed by atoms with Gasteiger partial charge in [-0.05, 0) is 105 Å². The zero-order valence-electron chi connectivity index (χ0n) is 21.8. The van der Waals surface area contributed by atoms with Crippen molar-refractivity contribution in [3.8, 4) is 11.1 Å². The second-order valence-corrected chi connectivity index (χ2v) is 10.2. The Kier molecular flexibility index (Phi) is 9.27. The molecule has 3 aromatic carbocycles. The molecule has 1 saturated carbocycles. The molecule has 1 fully saturated rings. The van der Waals surface area contributed by atoms with Gasteiger partial charge in [0.05, 0.1) is 5.56 Å². The van der Waals surface area contributed by atoms with Crippen LogP contribution in [0.4, 0.5) is 8.78 Å². The Hall–Kier alpha value is -3.27. The first-order valence-corrected chi connectivity index (χ1v) is 13.4. The van der Waals surface area contributed by atoms with Crippen molar-refractivity contribution in [2.24, 2.45) is 5.92 Å². The number of hydrogen-bond acceptors (Lipinski definition) is 2. The van der Waals surface area contributed by atoms with Crippen LogP contribution in [0.2, 0.25) is 0 Å². The fraction of sp³-hybridized carbons (Fsp3) is 0.364. The first kappa shape index (κ1) is 26.8. The van der Waals surface area contributed by atoms with Crippen molar-refractivity contribution in [3.63, 3.8) is 0 Å². The second-order valence-electron chi connectivity index (χ2n) is 10.2. The lowest BCUT2D eigenvalue weighted by atomic mass is 9.84. The first-order valence-electron chi connectivity index (χ1n) is 13.4. The third-order valence-electron chi connectivity index (χ3n) is 7.52. The molecule has 0 heterocycles. The largest absolute Gasteiger partial charge is 0.459 e. The van der Waals surface area contributed by atoms with E-state index < -0.39 is 11.6 Å². The van der Waals surface area contributed by atoms with Crippen LogP contribution in [-0.4, -0.2) is 12.1 Å². The maximum Gasteiger partial charge on any atom is 0.338 e. The topological polar surface area (TPSA) is 26.3 Å². The summed E-state index contributed by atoms with van der Waals surface area (Å²) in [6.07, 6.45) is 10.8. The van der Waals surface area contributed by atoms with Gasteiger partial charge in [-0.15, -0.1) is 0 Å². The average Bonchev–Trinajstić information content (AvgIpc) is 2.92. The molecule has 4 rings (SSSR count). The first-order chi connectivity index (χ1) is 17.9. The Labute approximate surface area is 219 Å². The predicted molar refractivity (Wildman–Crippen MR) is 146 cm³/mol. The number of ether oxygens (including phenoxy) is 1. The Morgan fingerprint density at radius 3 is 2.22 bits per heavy atom. The standard InChI is InChI=1S/C33H36F2O2/c1-3-4-6-9-24-12-18-29(19-13-24)37-33(36)27-16-14-26(15-17-27)28-21-31(34)30(32(35)22-28)20-23(2)25-10-7-5-8-11-25/h3-5,7-8,10-11,14-17,21-24,29H,6,9,12-13,18-20H2,1-2H3/b4-3+. The van der Waals surface area contributed by atoms with Gasteiger partial charge in [-0.25, -0.2) is 13.6 Å². The molecular weight excluding hydrogens is 466 g/mol. The van der Waals surface area contributed by atoms with Gasteiger partial charge in [-0.1, -0.05) is 61.5 Å². The van der Waals surface area contributed by atoms with E-state index in [2.05, 4.69) is 12.2 Å². The molecule has 0 amide bonds. The third-order valence-corrected chi connectivity index (χ3v) is 7.52. The van der Waals surface area contributed by atoms with Crippen LogP contribution in [0.1, 0.15) is 79.8 Å². The fourth-order valence-corrected chi connectivity index (χ4v) is 5.23. The summed E-state index contributed by atoms with van der Waals surface area (Å²) >= 11 is 0. The zero-order chi connectivity index (χ0) is 26.2. The van der Waals surface area contributed by atoms with E-state index in [0.717, 1.165) is 37.7 Å². The molecule has 1 unspecified atom stereocenters. The average molecular weight is 503 g/mol. The molecule has 1 atom stereocenters. The summed E-state index contributed by atoms with van der Waals surface area (Å²) in [6.45, 7) is 4.01. The van der Waals surface area contributed by atoms with Crippen LogP contribution in [0.15, 0.2) is 78.9 Å². The lowest BCUT2D eigenvalue weighted by Crippen LogP contribution is -2.24. The van der Waals surface area contributed by atoms with E-state index in [1.165, 1.54) is 18.6 Å². The van der Waals surface area contributed by atoms with Crippen LogP contribution in [0.5, 0.6) is 0 Å². The van der Waals surface area contributed by atoms with Crippen LogP contribution in [0, 0.1) is 17.6 Å². The number of halogens is 2. The van der Waals surface area contributed by atoms with Gasteiger partial charge in [0.25, 0.3) is 0 Å². The van der Waals surface area contributed by atoms with Crippen LogP contribution in [-0.2, 0) is 11.2 Å². The van der Waals surface area contributed by atoms with Gasteiger partial charge in [0.1, 0.15) is 17.7 Å². The number of carbonyl (C=O) groups is 1. The van der Waals surface area contributed by atoms with Gasteiger partial charge < -0.3 is 4.74 Å². The van der Waals surface area contributed by atoms with Crippen molar-refractivity contribution in [1.82, 2.24) is 0 Å². The van der Waals surface area contributed by atoms with Gasteiger partial charge in [0, 0.05) is 5.56 Å². The van der Waals surface area contributed by atoms with Gasteiger partial charge >= 0.3 is 5.97 Å². The summed E-state index contributed by atoms with van der Waals surface area (Å²) in [6, 6.07) is 19.2. The highest BCUT2D eigenvalue weighted by Crippen LogP contribution is 2.31. The Morgan fingerprint density at radius 1 is 0.946 bits per heavy atom. The van der Waals surface area contributed by atoms with E-state index in [0.29, 0.717) is 22.6 Å². The molecule has 2 nitrogen and oxygen atoms in total. The molecule has 0 spiro atoms. The summed E-state index contributed by atoms with van der Waals surface area (Å²) in [5.41, 5.74) is 2.69. The summed E-state index contributed by atoms with van der Waals surface area (Å²) in [4.78, 5) is 12.7. The number of hydrogen-bond donors (Lipinski definition) is 0. The molecule has 194 valence electrons. The summed E-state index contributed by atoms with van der Waals surface area (Å²) in [7, 11) is 0. The summed E-state index contributed by atoms with van der Waals surface area (Å²) in [5, 5.41) is 0. The zero-order valence-corrected chi connectivity index (χ0v) is 21.8. The number of allylic oxidation sites excluding steroid dienone is 2. The third kappa shape index (κ3) is 7.15. The fourth-order valence-electron chi connectivity index (χ4n) is 5.23. The number of rotatable bonds is 9. The number of benzene rings is 3. The summed E-state index contributed by atoms with van der Waals surface area (Å²) in [5.74, 6) is -0.745. The van der Waals surface area contributed by atoms with Crippen molar-refractivity contribution < 1.29 is 18.3 Å². The van der Waals surface area contributed by atoms with E-state index in [9.17, 15) is 13.6 Å². The predicted octanol–water partition coefficient (Wildman–Crippen LogP) is 9.05. The molecule has 0 aliphatic heterocycles. The quantitative estimate of drug-likeness (QED) is 0.215. The minimum atomic E-state index is -0.553. The molecule has 0 radical (unpaired) electrons. The second kappa shape index (κ2) is 12.8. The van der Waals surface area contributed by atoms with Crippen molar-refractivity contribution in [2.75, 3.05) is 0 Å². The minimum absolute atomic E-state index is 0.00499. The lowest BCUT2D eigenvalue weighted by Gasteiger charge is -2.28. The molecule has 1 aliphatic carbocycles. The Morgan fingerprint density at radius 2 is 1.59 bits per heavy atom. The van der Waals surface area contributed by atoms with E-state index in [-0.39, 0.29) is 30.0 Å². The van der Waals surface area contributed by atoms with Crippen molar-refractivity contribution >= 4 is 5.97 Å². The van der Waals surface area contributed by atoms with Gasteiger partial charge in [-0.2, -0.15) is 0 Å². The molecule has 0 aromatic heterocycles.